The van der Waals surface area contributed by atoms with Crippen molar-refractivity contribution < 1.29 is 13.2 Å². The standard InChI is InChI=1S/C10H6F3N3/c1-6-8-3-2-7(10(11,12)13)4-9(8)16(5-14)15-6/h2-4H,1H3. The molecule has 2 aromatic rings. The predicted molar refractivity (Wildman–Crippen MR) is 50.5 cm³/mol. The van der Waals surface area contributed by atoms with Crippen molar-refractivity contribution in [3.8, 4) is 6.19 Å². The molecule has 0 radical (unpaired) electrons. The second kappa shape index (κ2) is 3.23. The zero-order valence-electron chi connectivity index (χ0n) is 8.21. The Balaban J connectivity index is 2.76. The van der Waals surface area contributed by atoms with E-state index in [1.54, 1.807) is 13.1 Å². The highest BCUT2D eigenvalue weighted by Gasteiger charge is 2.31. The van der Waals surface area contributed by atoms with Gasteiger partial charge in [-0.3, -0.25) is 0 Å². The molecule has 3 nitrogen and oxygen atoms in total. The number of nitriles is 1. The van der Waals surface area contributed by atoms with Gasteiger partial charge in [-0.1, -0.05) is 6.07 Å². The van der Waals surface area contributed by atoms with Crippen LogP contribution in [0.3, 0.4) is 0 Å². The SMILES string of the molecule is Cc1nn(C#N)c2cc(C(F)(F)F)ccc12. The van der Waals surface area contributed by atoms with Gasteiger partial charge in [0.2, 0.25) is 6.19 Å². The number of halogens is 3. The summed E-state index contributed by atoms with van der Waals surface area (Å²) in [5.74, 6) is 0. The summed E-state index contributed by atoms with van der Waals surface area (Å²) in [4.78, 5) is 0. The summed E-state index contributed by atoms with van der Waals surface area (Å²) in [5.41, 5.74) is -0.0727. The van der Waals surface area contributed by atoms with E-state index in [1.165, 1.54) is 6.07 Å². The van der Waals surface area contributed by atoms with Crippen molar-refractivity contribution in [1.29, 1.82) is 5.26 Å². The number of hydrogen-bond acceptors (Lipinski definition) is 2. The van der Waals surface area contributed by atoms with Crippen LogP contribution in [0, 0.1) is 18.4 Å². The molecule has 0 bridgehead atoms. The molecule has 0 N–H and O–H groups in total. The van der Waals surface area contributed by atoms with Crippen molar-refractivity contribution in [2.24, 2.45) is 0 Å². The zero-order chi connectivity index (χ0) is 11.9. The molecule has 0 aliphatic heterocycles. The van der Waals surface area contributed by atoms with Crippen molar-refractivity contribution >= 4 is 10.9 Å². The highest BCUT2D eigenvalue weighted by Crippen LogP contribution is 2.31. The van der Waals surface area contributed by atoms with Crippen LogP contribution in [0.25, 0.3) is 10.9 Å². The molecule has 0 aliphatic carbocycles. The van der Waals surface area contributed by atoms with E-state index >= 15 is 0 Å². The minimum absolute atomic E-state index is 0.176. The molecule has 0 spiro atoms. The first-order chi connectivity index (χ1) is 7.43. The van der Waals surface area contributed by atoms with Crippen molar-refractivity contribution in [2.45, 2.75) is 13.1 Å². The third kappa shape index (κ3) is 1.50. The van der Waals surface area contributed by atoms with Gasteiger partial charge in [0, 0.05) is 5.39 Å². The average molecular weight is 225 g/mol. The van der Waals surface area contributed by atoms with Gasteiger partial charge in [-0.15, -0.1) is 0 Å². The number of benzene rings is 1. The van der Waals surface area contributed by atoms with E-state index in [2.05, 4.69) is 5.10 Å². The van der Waals surface area contributed by atoms with E-state index in [-0.39, 0.29) is 5.52 Å². The average Bonchev–Trinajstić information content (AvgIpc) is 2.54. The van der Waals surface area contributed by atoms with Gasteiger partial charge in [-0.25, -0.2) is 0 Å². The Bertz CT molecular complexity index is 590. The van der Waals surface area contributed by atoms with Crippen molar-refractivity contribution in [2.75, 3.05) is 0 Å². The second-order valence-corrected chi connectivity index (χ2v) is 3.33. The maximum absolute atomic E-state index is 12.4. The fourth-order valence-corrected chi connectivity index (χ4v) is 1.52. The fraction of sp³-hybridized carbons (Fsp3) is 0.200. The minimum Gasteiger partial charge on any atom is -0.170 e. The third-order valence-corrected chi connectivity index (χ3v) is 2.29. The first kappa shape index (κ1) is 10.5. The molecule has 1 aromatic carbocycles. The summed E-state index contributed by atoms with van der Waals surface area (Å²) < 4.78 is 38.2. The van der Waals surface area contributed by atoms with Crippen LogP contribution in [-0.2, 0) is 6.18 Å². The van der Waals surface area contributed by atoms with Crippen molar-refractivity contribution in [1.82, 2.24) is 9.78 Å². The summed E-state index contributed by atoms with van der Waals surface area (Å²) in [5, 5.41) is 13.1. The Morgan fingerprint density at radius 3 is 2.62 bits per heavy atom. The number of hydrogen-bond donors (Lipinski definition) is 0. The van der Waals surface area contributed by atoms with E-state index in [9.17, 15) is 13.2 Å². The second-order valence-electron chi connectivity index (χ2n) is 3.33. The van der Waals surface area contributed by atoms with Crippen LogP contribution in [-0.4, -0.2) is 9.78 Å². The van der Waals surface area contributed by atoms with Gasteiger partial charge in [0.25, 0.3) is 0 Å². The lowest BCUT2D eigenvalue weighted by Gasteiger charge is -2.05. The molecule has 1 heterocycles. The Morgan fingerprint density at radius 2 is 2.06 bits per heavy atom. The maximum Gasteiger partial charge on any atom is 0.416 e. The summed E-state index contributed by atoms with van der Waals surface area (Å²) in [6.45, 7) is 1.64. The number of alkyl halides is 3. The first-order valence-corrected chi connectivity index (χ1v) is 4.40. The largest absolute Gasteiger partial charge is 0.416 e. The lowest BCUT2D eigenvalue weighted by atomic mass is 10.1. The molecule has 2 rings (SSSR count). The Kier molecular flexibility index (Phi) is 2.12. The molecule has 0 fully saturated rings. The monoisotopic (exact) mass is 225 g/mol. The highest BCUT2D eigenvalue weighted by molar-refractivity contribution is 5.83. The smallest absolute Gasteiger partial charge is 0.170 e. The third-order valence-electron chi connectivity index (χ3n) is 2.29. The maximum atomic E-state index is 12.4. The lowest BCUT2D eigenvalue weighted by molar-refractivity contribution is -0.137. The van der Waals surface area contributed by atoms with Crippen LogP contribution >= 0.6 is 0 Å². The van der Waals surface area contributed by atoms with Crippen LogP contribution in [0.5, 0.6) is 0 Å². The van der Waals surface area contributed by atoms with E-state index in [0.29, 0.717) is 11.1 Å². The van der Waals surface area contributed by atoms with Gasteiger partial charge < -0.3 is 0 Å². The molecular weight excluding hydrogens is 219 g/mol. The molecule has 6 heteroatoms. The molecule has 0 atom stereocenters. The van der Waals surface area contributed by atoms with Crippen LogP contribution < -0.4 is 0 Å². The van der Waals surface area contributed by atoms with Gasteiger partial charge >= 0.3 is 6.18 Å². The Morgan fingerprint density at radius 1 is 1.38 bits per heavy atom. The molecule has 1 aromatic heterocycles. The molecule has 16 heavy (non-hydrogen) atoms. The quantitative estimate of drug-likeness (QED) is 0.691. The molecule has 0 aliphatic rings. The normalized spacial score (nSPS) is 11.7. The van der Waals surface area contributed by atoms with Gasteiger partial charge in [-0.05, 0) is 19.1 Å². The Hall–Kier alpha value is -2.03. The van der Waals surface area contributed by atoms with E-state index < -0.39 is 11.7 Å². The van der Waals surface area contributed by atoms with Crippen LogP contribution in [0.15, 0.2) is 18.2 Å². The van der Waals surface area contributed by atoms with Crippen LogP contribution in [0.2, 0.25) is 0 Å². The summed E-state index contributed by atoms with van der Waals surface area (Å²) >= 11 is 0. The van der Waals surface area contributed by atoms with Crippen LogP contribution in [0.1, 0.15) is 11.3 Å². The molecule has 0 saturated heterocycles. The topological polar surface area (TPSA) is 41.6 Å². The summed E-state index contributed by atoms with van der Waals surface area (Å²) in [6.07, 6.45) is -2.70. The van der Waals surface area contributed by atoms with Gasteiger partial charge in [0.1, 0.15) is 0 Å². The fourth-order valence-electron chi connectivity index (χ4n) is 1.52. The van der Waals surface area contributed by atoms with E-state index in [4.69, 9.17) is 5.26 Å². The first-order valence-electron chi connectivity index (χ1n) is 4.40. The number of nitrogens with zero attached hydrogens (tertiary/aromatic N) is 3. The predicted octanol–water partition coefficient (Wildman–Crippen LogP) is 2.69. The van der Waals surface area contributed by atoms with Crippen molar-refractivity contribution in [3.05, 3.63) is 29.5 Å². The molecular formula is C10H6F3N3. The number of fused-ring (bicyclic) bond motifs is 1. The molecule has 0 saturated carbocycles. The van der Waals surface area contributed by atoms with Gasteiger partial charge in [-0.2, -0.15) is 28.2 Å². The highest BCUT2D eigenvalue weighted by atomic mass is 19.4. The van der Waals surface area contributed by atoms with Gasteiger partial charge in [0.15, 0.2) is 0 Å². The number of aromatic nitrogens is 2. The molecule has 0 amide bonds. The molecule has 82 valence electrons. The van der Waals surface area contributed by atoms with E-state index in [1.807, 2.05) is 0 Å². The summed E-state index contributed by atoms with van der Waals surface area (Å²) in [6, 6.07) is 3.24. The van der Waals surface area contributed by atoms with Crippen molar-refractivity contribution in [3.63, 3.8) is 0 Å². The summed E-state index contributed by atoms with van der Waals surface area (Å²) in [7, 11) is 0. The number of rotatable bonds is 0. The van der Waals surface area contributed by atoms with E-state index in [0.717, 1.165) is 16.8 Å². The Labute approximate surface area is 88.7 Å². The number of aryl methyl sites for hydroxylation is 1. The zero-order valence-corrected chi connectivity index (χ0v) is 8.21. The lowest BCUT2D eigenvalue weighted by Crippen LogP contribution is -2.04. The van der Waals surface area contributed by atoms with Crippen LogP contribution in [0.4, 0.5) is 13.2 Å². The molecule has 0 unspecified atom stereocenters. The van der Waals surface area contributed by atoms with Gasteiger partial charge in [0.05, 0.1) is 16.8 Å². The minimum atomic E-state index is -4.41.